The van der Waals surface area contributed by atoms with Crippen molar-refractivity contribution in [3.05, 3.63) is 52.2 Å². The minimum absolute atomic E-state index is 0.172. The normalized spacial score (nSPS) is 10.9. The Hall–Kier alpha value is -2.48. The van der Waals surface area contributed by atoms with Crippen LogP contribution in [-0.2, 0) is 6.42 Å². The molecule has 2 N–H and O–H groups in total. The lowest BCUT2D eigenvalue weighted by atomic mass is 10.3. The van der Waals surface area contributed by atoms with Gasteiger partial charge in [0.1, 0.15) is 5.82 Å². The number of fused-ring (bicyclic) bond motifs is 1. The van der Waals surface area contributed by atoms with Gasteiger partial charge in [-0.1, -0.05) is 24.3 Å². The SMILES string of the molecule is CCc1cc(=O)n2nc(NCCNc3cccc(F)c3)sc2n1. The number of rotatable bonds is 6. The summed E-state index contributed by atoms with van der Waals surface area (Å²) in [5.74, 6) is -0.272. The number of hydrogen-bond acceptors (Lipinski definition) is 6. The Morgan fingerprint density at radius 3 is 2.87 bits per heavy atom. The highest BCUT2D eigenvalue weighted by Gasteiger charge is 2.07. The van der Waals surface area contributed by atoms with Crippen LogP contribution in [0.15, 0.2) is 35.1 Å². The van der Waals surface area contributed by atoms with E-state index in [2.05, 4.69) is 20.7 Å². The molecular weight excluding hydrogens is 317 g/mol. The standard InChI is InChI=1S/C15H16FN5OS/c1-2-11-9-13(22)21-15(19-11)23-14(20-21)18-7-6-17-12-5-3-4-10(16)8-12/h3-5,8-9,17H,2,6-7H2,1H3,(H,18,20). The zero-order valence-electron chi connectivity index (χ0n) is 12.5. The van der Waals surface area contributed by atoms with Crippen LogP contribution in [0, 0.1) is 5.82 Å². The van der Waals surface area contributed by atoms with E-state index in [1.165, 1.54) is 34.1 Å². The van der Waals surface area contributed by atoms with Gasteiger partial charge in [-0.3, -0.25) is 4.79 Å². The minimum atomic E-state index is -0.272. The van der Waals surface area contributed by atoms with E-state index in [9.17, 15) is 9.18 Å². The third kappa shape index (κ3) is 3.65. The maximum atomic E-state index is 13.1. The van der Waals surface area contributed by atoms with Gasteiger partial charge in [0.25, 0.3) is 5.56 Å². The van der Waals surface area contributed by atoms with Gasteiger partial charge in [-0.05, 0) is 24.6 Å². The molecule has 0 radical (unpaired) electrons. The molecule has 0 saturated carbocycles. The van der Waals surface area contributed by atoms with Crippen LogP contribution in [0.5, 0.6) is 0 Å². The van der Waals surface area contributed by atoms with Crippen molar-refractivity contribution in [2.24, 2.45) is 0 Å². The molecule has 6 nitrogen and oxygen atoms in total. The summed E-state index contributed by atoms with van der Waals surface area (Å²) in [5, 5.41) is 11.1. The van der Waals surface area contributed by atoms with E-state index >= 15 is 0 Å². The quantitative estimate of drug-likeness (QED) is 0.678. The van der Waals surface area contributed by atoms with Crippen molar-refractivity contribution in [2.45, 2.75) is 13.3 Å². The van der Waals surface area contributed by atoms with Crippen LogP contribution in [0.2, 0.25) is 0 Å². The molecule has 0 saturated heterocycles. The second-order valence-corrected chi connectivity index (χ2v) is 5.86. The molecule has 0 bridgehead atoms. The summed E-state index contributed by atoms with van der Waals surface area (Å²) in [6, 6.07) is 7.80. The van der Waals surface area contributed by atoms with Gasteiger partial charge in [0, 0.05) is 30.5 Å². The molecule has 1 aromatic carbocycles. The maximum absolute atomic E-state index is 13.1. The molecule has 0 amide bonds. The number of nitrogens with one attached hydrogen (secondary N) is 2. The Kier molecular flexibility index (Phi) is 4.52. The monoisotopic (exact) mass is 333 g/mol. The molecule has 3 rings (SSSR count). The van der Waals surface area contributed by atoms with Crippen molar-refractivity contribution >= 4 is 27.1 Å². The molecule has 0 aliphatic heterocycles. The van der Waals surface area contributed by atoms with Crippen LogP contribution >= 0.6 is 11.3 Å². The van der Waals surface area contributed by atoms with E-state index < -0.39 is 0 Å². The van der Waals surface area contributed by atoms with Crippen molar-refractivity contribution in [2.75, 3.05) is 23.7 Å². The van der Waals surface area contributed by atoms with Crippen LogP contribution < -0.4 is 16.2 Å². The molecule has 120 valence electrons. The lowest BCUT2D eigenvalue weighted by Gasteiger charge is -2.06. The van der Waals surface area contributed by atoms with E-state index in [4.69, 9.17) is 0 Å². The van der Waals surface area contributed by atoms with E-state index in [1.54, 1.807) is 12.1 Å². The lowest BCUT2D eigenvalue weighted by molar-refractivity contribution is 0.628. The van der Waals surface area contributed by atoms with Crippen molar-refractivity contribution in [1.82, 2.24) is 14.6 Å². The number of nitrogens with zero attached hydrogens (tertiary/aromatic N) is 3. The molecule has 0 spiro atoms. The third-order valence-corrected chi connectivity index (χ3v) is 4.08. The van der Waals surface area contributed by atoms with E-state index in [1.807, 2.05) is 6.92 Å². The molecule has 3 aromatic rings. The van der Waals surface area contributed by atoms with Gasteiger partial charge in [0.15, 0.2) is 0 Å². The van der Waals surface area contributed by atoms with Crippen LogP contribution in [0.3, 0.4) is 0 Å². The topological polar surface area (TPSA) is 71.3 Å². The maximum Gasteiger partial charge on any atom is 0.275 e. The average molecular weight is 333 g/mol. The van der Waals surface area contributed by atoms with Gasteiger partial charge in [0.05, 0.1) is 0 Å². The van der Waals surface area contributed by atoms with E-state index in [0.717, 1.165) is 11.4 Å². The molecule has 0 aliphatic carbocycles. The van der Waals surface area contributed by atoms with Crippen LogP contribution in [0.4, 0.5) is 15.2 Å². The molecular formula is C15H16FN5OS. The number of halogens is 1. The van der Waals surface area contributed by atoms with E-state index in [0.29, 0.717) is 29.6 Å². The molecule has 2 heterocycles. The highest BCUT2D eigenvalue weighted by atomic mass is 32.1. The van der Waals surface area contributed by atoms with Crippen molar-refractivity contribution in [3.63, 3.8) is 0 Å². The number of aryl methyl sites for hydroxylation is 1. The zero-order chi connectivity index (χ0) is 16.2. The van der Waals surface area contributed by atoms with Gasteiger partial charge in [-0.25, -0.2) is 9.37 Å². The predicted octanol–water partition coefficient (Wildman–Crippen LogP) is 2.38. The second-order valence-electron chi connectivity index (χ2n) is 4.90. The summed E-state index contributed by atoms with van der Waals surface area (Å²) in [5.41, 5.74) is 1.31. The fourth-order valence-electron chi connectivity index (χ4n) is 2.08. The fourth-order valence-corrected chi connectivity index (χ4v) is 2.93. The van der Waals surface area contributed by atoms with Gasteiger partial charge in [0.2, 0.25) is 10.1 Å². The number of anilines is 2. The Labute approximate surface area is 136 Å². The summed E-state index contributed by atoms with van der Waals surface area (Å²) >= 11 is 1.33. The lowest BCUT2D eigenvalue weighted by Crippen LogP contribution is -2.16. The zero-order valence-corrected chi connectivity index (χ0v) is 13.4. The summed E-state index contributed by atoms with van der Waals surface area (Å²) in [6.45, 7) is 3.14. The first kappa shape index (κ1) is 15.4. The Balaban J connectivity index is 1.61. The van der Waals surface area contributed by atoms with Gasteiger partial charge in [-0.2, -0.15) is 4.52 Å². The minimum Gasteiger partial charge on any atom is -0.383 e. The first-order valence-corrected chi connectivity index (χ1v) is 8.10. The molecule has 0 aliphatic rings. The highest BCUT2D eigenvalue weighted by Crippen LogP contribution is 2.16. The summed E-state index contributed by atoms with van der Waals surface area (Å²) < 4.78 is 14.4. The largest absolute Gasteiger partial charge is 0.383 e. The Bertz CT molecular complexity index is 876. The second kappa shape index (κ2) is 6.74. The summed E-state index contributed by atoms with van der Waals surface area (Å²) in [4.78, 5) is 16.9. The van der Waals surface area contributed by atoms with E-state index in [-0.39, 0.29) is 11.4 Å². The van der Waals surface area contributed by atoms with Crippen molar-refractivity contribution in [1.29, 1.82) is 0 Å². The first-order valence-electron chi connectivity index (χ1n) is 7.29. The smallest absolute Gasteiger partial charge is 0.275 e. The van der Waals surface area contributed by atoms with Gasteiger partial charge >= 0.3 is 0 Å². The molecule has 0 atom stereocenters. The summed E-state index contributed by atoms with van der Waals surface area (Å²) in [7, 11) is 0. The molecule has 2 aromatic heterocycles. The van der Waals surface area contributed by atoms with Gasteiger partial charge < -0.3 is 10.6 Å². The number of aromatic nitrogens is 3. The first-order chi connectivity index (χ1) is 11.2. The fraction of sp³-hybridized carbons (Fsp3) is 0.267. The molecule has 8 heteroatoms. The number of hydrogen-bond donors (Lipinski definition) is 2. The Morgan fingerprint density at radius 2 is 2.09 bits per heavy atom. The van der Waals surface area contributed by atoms with Crippen molar-refractivity contribution < 1.29 is 4.39 Å². The molecule has 0 fully saturated rings. The predicted molar refractivity (Wildman–Crippen MR) is 89.9 cm³/mol. The molecule has 23 heavy (non-hydrogen) atoms. The molecule has 0 unspecified atom stereocenters. The summed E-state index contributed by atoms with van der Waals surface area (Å²) in [6.07, 6.45) is 0.712. The van der Waals surface area contributed by atoms with Crippen molar-refractivity contribution in [3.8, 4) is 0 Å². The highest BCUT2D eigenvalue weighted by molar-refractivity contribution is 7.20. The third-order valence-electron chi connectivity index (χ3n) is 3.22. The Morgan fingerprint density at radius 1 is 1.26 bits per heavy atom. The number of benzene rings is 1. The average Bonchev–Trinajstić information content (AvgIpc) is 2.95. The van der Waals surface area contributed by atoms with Crippen LogP contribution in [-0.4, -0.2) is 27.7 Å². The van der Waals surface area contributed by atoms with Crippen LogP contribution in [0.25, 0.3) is 4.96 Å². The van der Waals surface area contributed by atoms with Gasteiger partial charge in [-0.15, -0.1) is 5.10 Å². The van der Waals surface area contributed by atoms with Crippen LogP contribution in [0.1, 0.15) is 12.6 Å².